The molecule has 5 heterocycles. The fourth-order valence-corrected chi connectivity index (χ4v) is 4.04. The lowest BCUT2D eigenvalue weighted by Crippen LogP contribution is -2.30. The van der Waals surface area contributed by atoms with Crippen LogP contribution in [-0.2, 0) is 13.1 Å². The van der Waals surface area contributed by atoms with Crippen LogP contribution in [0.2, 0.25) is 0 Å². The number of hydrogen-bond donors (Lipinski definition) is 0. The smallest absolute Gasteiger partial charge is 0.264 e. The first kappa shape index (κ1) is 16.7. The summed E-state index contributed by atoms with van der Waals surface area (Å²) in [5, 5.41) is 1.92. The molecular weight excluding hydrogens is 370 g/mol. The summed E-state index contributed by atoms with van der Waals surface area (Å²) in [7, 11) is 0. The van der Waals surface area contributed by atoms with Crippen LogP contribution in [0, 0.1) is 0 Å². The molecule has 28 heavy (non-hydrogen) atoms. The lowest BCUT2D eigenvalue weighted by atomic mass is 10.3. The number of fused-ring (bicyclic) bond motifs is 2. The molecule has 6 nitrogen and oxygen atoms in total. The van der Waals surface area contributed by atoms with Crippen LogP contribution < -0.4 is 0 Å². The Morgan fingerprint density at radius 2 is 1.46 bits per heavy atom. The Hall–Kier alpha value is -3.45. The molecule has 0 saturated carbocycles. The molecule has 5 aromatic heterocycles. The Balaban J connectivity index is 1.52. The number of pyridine rings is 2. The number of imidazole rings is 2. The van der Waals surface area contributed by atoms with Gasteiger partial charge in [-0.25, -0.2) is 9.97 Å². The van der Waals surface area contributed by atoms with Crippen molar-refractivity contribution in [3.05, 3.63) is 95.0 Å². The Morgan fingerprint density at radius 1 is 0.857 bits per heavy atom. The summed E-state index contributed by atoms with van der Waals surface area (Å²) < 4.78 is 4.03. The SMILES string of the molecule is O=C(c1cccs1)N(Cc1cnc2ccccn12)Cc1cnc2ccccn12. The monoisotopic (exact) mass is 387 g/mol. The lowest BCUT2D eigenvalue weighted by molar-refractivity contribution is 0.0730. The van der Waals surface area contributed by atoms with Crippen molar-refractivity contribution in [2.75, 3.05) is 0 Å². The van der Waals surface area contributed by atoms with Crippen LogP contribution >= 0.6 is 11.3 Å². The fourth-order valence-electron chi connectivity index (χ4n) is 3.35. The molecule has 0 aliphatic rings. The summed E-state index contributed by atoms with van der Waals surface area (Å²) >= 11 is 1.46. The summed E-state index contributed by atoms with van der Waals surface area (Å²) in [6.45, 7) is 0.921. The molecule has 0 atom stereocenters. The Morgan fingerprint density at radius 3 is 2.00 bits per heavy atom. The van der Waals surface area contributed by atoms with Gasteiger partial charge in [-0.05, 0) is 35.7 Å². The highest BCUT2D eigenvalue weighted by atomic mass is 32.1. The number of thiophene rings is 1. The van der Waals surface area contributed by atoms with Crippen LogP contribution in [-0.4, -0.2) is 29.6 Å². The van der Waals surface area contributed by atoms with Crippen LogP contribution in [0.25, 0.3) is 11.3 Å². The zero-order valence-corrected chi connectivity index (χ0v) is 15.8. The van der Waals surface area contributed by atoms with Gasteiger partial charge in [0, 0.05) is 12.4 Å². The molecule has 0 spiro atoms. The van der Waals surface area contributed by atoms with Gasteiger partial charge in [-0.1, -0.05) is 18.2 Å². The molecule has 0 saturated heterocycles. The van der Waals surface area contributed by atoms with Gasteiger partial charge in [0.05, 0.1) is 41.7 Å². The third-order valence-corrected chi connectivity index (χ3v) is 5.57. The maximum Gasteiger partial charge on any atom is 0.264 e. The average Bonchev–Trinajstić information content (AvgIpc) is 3.48. The van der Waals surface area contributed by atoms with Crippen LogP contribution in [0.4, 0.5) is 0 Å². The molecule has 0 radical (unpaired) electrons. The van der Waals surface area contributed by atoms with E-state index in [1.807, 2.05) is 92.4 Å². The average molecular weight is 387 g/mol. The first-order valence-electron chi connectivity index (χ1n) is 8.94. The van der Waals surface area contributed by atoms with Crippen molar-refractivity contribution in [1.82, 2.24) is 23.7 Å². The van der Waals surface area contributed by atoms with Gasteiger partial charge < -0.3 is 13.7 Å². The van der Waals surface area contributed by atoms with Crippen molar-refractivity contribution < 1.29 is 4.79 Å². The van der Waals surface area contributed by atoms with Crippen LogP contribution in [0.3, 0.4) is 0 Å². The highest BCUT2D eigenvalue weighted by molar-refractivity contribution is 7.12. The number of aromatic nitrogens is 4. The number of carbonyl (C=O) groups is 1. The van der Waals surface area contributed by atoms with Gasteiger partial charge in [0.1, 0.15) is 11.3 Å². The van der Waals surface area contributed by atoms with Crippen molar-refractivity contribution in [3.63, 3.8) is 0 Å². The summed E-state index contributed by atoms with van der Waals surface area (Å²) in [6, 6.07) is 15.5. The summed E-state index contributed by atoms with van der Waals surface area (Å²) in [6.07, 6.45) is 7.61. The molecule has 1 amide bonds. The number of hydrogen-bond acceptors (Lipinski definition) is 4. The van der Waals surface area contributed by atoms with E-state index in [2.05, 4.69) is 9.97 Å². The largest absolute Gasteiger partial charge is 0.326 e. The second-order valence-corrected chi connectivity index (χ2v) is 7.44. The molecule has 0 N–H and O–H groups in total. The van der Waals surface area contributed by atoms with E-state index in [9.17, 15) is 4.79 Å². The molecule has 7 heteroatoms. The van der Waals surface area contributed by atoms with Crippen molar-refractivity contribution in [2.24, 2.45) is 0 Å². The van der Waals surface area contributed by atoms with E-state index in [1.165, 1.54) is 11.3 Å². The molecule has 0 aliphatic carbocycles. The number of amides is 1. The third kappa shape index (κ3) is 2.95. The molecule has 0 aromatic carbocycles. The molecular formula is C21H17N5OS. The quantitative estimate of drug-likeness (QED) is 0.460. The Bertz CT molecular complexity index is 1180. The van der Waals surface area contributed by atoms with Crippen LogP contribution in [0.1, 0.15) is 21.1 Å². The summed E-state index contributed by atoms with van der Waals surface area (Å²) in [5.41, 5.74) is 3.68. The molecule has 0 bridgehead atoms. The van der Waals surface area contributed by atoms with Gasteiger partial charge in [0.2, 0.25) is 0 Å². The Labute approximate surface area is 165 Å². The standard InChI is InChI=1S/C21H17N5OS/c27-21(18-6-5-11-28-18)24(14-16-12-22-19-7-1-3-9-25(16)19)15-17-13-23-20-8-2-4-10-26(17)20/h1-13H,14-15H2. The van der Waals surface area contributed by atoms with Crippen molar-refractivity contribution in [1.29, 1.82) is 0 Å². The van der Waals surface area contributed by atoms with Gasteiger partial charge >= 0.3 is 0 Å². The van der Waals surface area contributed by atoms with E-state index < -0.39 is 0 Å². The maximum absolute atomic E-state index is 13.2. The van der Waals surface area contributed by atoms with Gasteiger partial charge in [-0.2, -0.15) is 0 Å². The van der Waals surface area contributed by atoms with Gasteiger partial charge in [0.25, 0.3) is 5.91 Å². The summed E-state index contributed by atoms with van der Waals surface area (Å²) in [4.78, 5) is 24.7. The van der Waals surface area contributed by atoms with Crippen molar-refractivity contribution in [3.8, 4) is 0 Å². The van der Waals surface area contributed by atoms with Crippen LogP contribution in [0.5, 0.6) is 0 Å². The minimum atomic E-state index is 0.00626. The highest BCUT2D eigenvalue weighted by Gasteiger charge is 2.20. The predicted octanol–water partition coefficient (Wildman–Crippen LogP) is 3.89. The maximum atomic E-state index is 13.2. The van der Waals surface area contributed by atoms with E-state index >= 15 is 0 Å². The number of rotatable bonds is 5. The second-order valence-electron chi connectivity index (χ2n) is 6.50. The fraction of sp³-hybridized carbons (Fsp3) is 0.0952. The molecule has 0 fully saturated rings. The van der Waals surface area contributed by atoms with Crippen molar-refractivity contribution in [2.45, 2.75) is 13.1 Å². The minimum absolute atomic E-state index is 0.00626. The minimum Gasteiger partial charge on any atom is -0.326 e. The zero-order valence-electron chi connectivity index (χ0n) is 15.0. The van der Waals surface area contributed by atoms with Gasteiger partial charge in [0.15, 0.2) is 0 Å². The molecule has 0 unspecified atom stereocenters. The van der Waals surface area contributed by atoms with Gasteiger partial charge in [-0.15, -0.1) is 11.3 Å². The molecule has 138 valence electrons. The topological polar surface area (TPSA) is 54.9 Å². The molecule has 5 rings (SSSR count). The van der Waals surface area contributed by atoms with E-state index in [0.717, 1.165) is 27.6 Å². The normalized spacial score (nSPS) is 11.3. The Kier molecular flexibility index (Phi) is 4.14. The predicted molar refractivity (Wildman–Crippen MR) is 108 cm³/mol. The van der Waals surface area contributed by atoms with E-state index in [4.69, 9.17) is 0 Å². The lowest BCUT2D eigenvalue weighted by Gasteiger charge is -2.22. The van der Waals surface area contributed by atoms with E-state index in [-0.39, 0.29) is 5.91 Å². The first-order valence-corrected chi connectivity index (χ1v) is 9.82. The second kappa shape index (κ2) is 6.94. The van der Waals surface area contributed by atoms with Gasteiger partial charge in [-0.3, -0.25) is 4.79 Å². The molecule has 0 aliphatic heterocycles. The van der Waals surface area contributed by atoms with E-state index in [1.54, 1.807) is 0 Å². The zero-order chi connectivity index (χ0) is 18.9. The van der Waals surface area contributed by atoms with Crippen molar-refractivity contribution >= 4 is 28.5 Å². The summed E-state index contributed by atoms with van der Waals surface area (Å²) in [5.74, 6) is 0.00626. The van der Waals surface area contributed by atoms with E-state index in [0.29, 0.717) is 13.1 Å². The molecule has 5 aromatic rings. The highest BCUT2D eigenvalue weighted by Crippen LogP contribution is 2.19. The first-order chi connectivity index (χ1) is 13.8. The number of nitrogens with zero attached hydrogens (tertiary/aromatic N) is 5. The third-order valence-electron chi connectivity index (χ3n) is 4.71. The number of carbonyl (C=O) groups excluding carboxylic acids is 1. The van der Waals surface area contributed by atoms with Crippen LogP contribution in [0.15, 0.2) is 78.7 Å².